The van der Waals surface area contributed by atoms with Gasteiger partial charge in [-0.25, -0.2) is 0 Å². The number of fused-ring (bicyclic) bond motifs is 1. The van der Waals surface area contributed by atoms with Crippen LogP contribution in [0.1, 0.15) is 41.8 Å². The summed E-state index contributed by atoms with van der Waals surface area (Å²) in [5, 5.41) is 13.4. The molecule has 0 aliphatic carbocycles. The van der Waals surface area contributed by atoms with Crippen LogP contribution in [-0.4, -0.2) is 29.6 Å². The number of nitrogens with one attached hydrogen (secondary N) is 1. The SMILES string of the molecule is CCc1cc2c(c(CC)c1O)C(=O)CC1(CNC1)O2. The van der Waals surface area contributed by atoms with Gasteiger partial charge in [-0.05, 0) is 24.5 Å². The fourth-order valence-corrected chi connectivity index (χ4v) is 3.01. The number of ether oxygens (including phenoxy) is 1. The van der Waals surface area contributed by atoms with E-state index in [1.807, 2.05) is 19.9 Å². The molecule has 0 amide bonds. The van der Waals surface area contributed by atoms with Crippen molar-refractivity contribution in [1.29, 1.82) is 0 Å². The lowest BCUT2D eigenvalue weighted by Crippen LogP contribution is -2.65. The number of rotatable bonds is 2. The van der Waals surface area contributed by atoms with Gasteiger partial charge < -0.3 is 15.2 Å². The Morgan fingerprint density at radius 2 is 2.11 bits per heavy atom. The average Bonchev–Trinajstić information content (AvgIpc) is 2.36. The second-order valence-corrected chi connectivity index (χ2v) is 5.43. The van der Waals surface area contributed by atoms with Crippen LogP contribution < -0.4 is 10.1 Å². The maximum atomic E-state index is 12.4. The summed E-state index contributed by atoms with van der Waals surface area (Å²) in [4.78, 5) is 12.4. The second-order valence-electron chi connectivity index (χ2n) is 5.43. The van der Waals surface area contributed by atoms with Crippen LogP contribution in [0.5, 0.6) is 11.5 Å². The first kappa shape index (κ1) is 12.5. The zero-order valence-corrected chi connectivity index (χ0v) is 11.4. The number of hydrogen-bond acceptors (Lipinski definition) is 4. The summed E-state index contributed by atoms with van der Waals surface area (Å²) in [5.41, 5.74) is 1.83. The number of benzene rings is 1. The molecule has 1 saturated heterocycles. The lowest BCUT2D eigenvalue weighted by molar-refractivity contribution is 0.00211. The van der Waals surface area contributed by atoms with Crippen LogP contribution in [-0.2, 0) is 12.8 Å². The minimum Gasteiger partial charge on any atom is -0.507 e. The van der Waals surface area contributed by atoms with Gasteiger partial charge >= 0.3 is 0 Å². The van der Waals surface area contributed by atoms with Gasteiger partial charge in [0.15, 0.2) is 5.78 Å². The molecule has 2 aliphatic heterocycles. The third-order valence-electron chi connectivity index (χ3n) is 4.16. The molecule has 0 saturated carbocycles. The van der Waals surface area contributed by atoms with Crippen molar-refractivity contribution >= 4 is 5.78 Å². The van der Waals surface area contributed by atoms with Gasteiger partial charge in [0.2, 0.25) is 0 Å². The van der Waals surface area contributed by atoms with Crippen LogP contribution in [0.25, 0.3) is 0 Å². The highest BCUT2D eigenvalue weighted by Gasteiger charge is 2.46. The second kappa shape index (κ2) is 4.23. The lowest BCUT2D eigenvalue weighted by atomic mass is 9.82. The van der Waals surface area contributed by atoms with Crippen LogP contribution in [0.15, 0.2) is 6.07 Å². The zero-order valence-electron chi connectivity index (χ0n) is 11.4. The van der Waals surface area contributed by atoms with E-state index in [0.717, 1.165) is 30.6 Å². The minimum absolute atomic E-state index is 0.0950. The van der Waals surface area contributed by atoms with Gasteiger partial charge in [-0.3, -0.25) is 4.79 Å². The summed E-state index contributed by atoms with van der Waals surface area (Å²) >= 11 is 0. The summed E-state index contributed by atoms with van der Waals surface area (Å²) in [7, 11) is 0. The predicted molar refractivity (Wildman–Crippen MR) is 72.0 cm³/mol. The van der Waals surface area contributed by atoms with Crippen molar-refractivity contribution in [3.8, 4) is 11.5 Å². The van der Waals surface area contributed by atoms with Crippen LogP contribution in [0.2, 0.25) is 0 Å². The van der Waals surface area contributed by atoms with Gasteiger partial charge in [0.25, 0.3) is 0 Å². The fourth-order valence-electron chi connectivity index (χ4n) is 3.01. The van der Waals surface area contributed by atoms with E-state index in [-0.39, 0.29) is 17.1 Å². The lowest BCUT2D eigenvalue weighted by Gasteiger charge is -2.45. The van der Waals surface area contributed by atoms with Crippen LogP contribution >= 0.6 is 0 Å². The molecule has 1 aromatic rings. The third-order valence-corrected chi connectivity index (χ3v) is 4.16. The summed E-state index contributed by atoms with van der Waals surface area (Å²) in [6, 6.07) is 1.83. The average molecular weight is 261 g/mol. The van der Waals surface area contributed by atoms with Crippen LogP contribution in [0, 0.1) is 0 Å². The number of phenols is 1. The standard InChI is InChI=1S/C15H19NO3/c1-3-9-5-12-13(10(4-2)14(9)18)11(17)6-15(19-12)7-16-8-15/h5,16,18H,3-4,6-8H2,1-2H3. The monoisotopic (exact) mass is 261 g/mol. The number of hydrogen-bond donors (Lipinski definition) is 2. The summed E-state index contributed by atoms with van der Waals surface area (Å²) < 4.78 is 6.07. The Balaban J connectivity index is 2.15. The predicted octanol–water partition coefficient (Wildman–Crippen LogP) is 1.82. The van der Waals surface area contributed by atoms with Gasteiger partial charge in [0.05, 0.1) is 12.0 Å². The number of carbonyl (C=O) groups excluding carboxylic acids is 1. The molecule has 4 heteroatoms. The molecule has 3 rings (SSSR count). The van der Waals surface area contributed by atoms with Gasteiger partial charge in [0.1, 0.15) is 17.1 Å². The molecule has 2 N–H and O–H groups in total. The van der Waals surface area contributed by atoms with Crippen molar-refractivity contribution in [1.82, 2.24) is 5.32 Å². The summed E-state index contributed by atoms with van der Waals surface area (Å²) in [6.45, 7) is 5.40. The number of aromatic hydroxyl groups is 1. The first-order chi connectivity index (χ1) is 9.10. The smallest absolute Gasteiger partial charge is 0.171 e. The van der Waals surface area contributed by atoms with E-state index < -0.39 is 0 Å². The van der Waals surface area contributed by atoms with Crippen molar-refractivity contribution in [3.05, 3.63) is 22.8 Å². The molecular weight excluding hydrogens is 242 g/mol. The number of ketones is 1. The highest BCUT2D eigenvalue weighted by molar-refractivity contribution is 6.02. The molecule has 102 valence electrons. The van der Waals surface area contributed by atoms with E-state index >= 15 is 0 Å². The molecule has 0 aromatic heterocycles. The van der Waals surface area contributed by atoms with E-state index in [0.29, 0.717) is 24.2 Å². The maximum Gasteiger partial charge on any atom is 0.171 e. The van der Waals surface area contributed by atoms with Crippen LogP contribution in [0.4, 0.5) is 0 Å². The van der Waals surface area contributed by atoms with Crippen molar-refractivity contribution in [2.24, 2.45) is 0 Å². The number of phenolic OH excluding ortho intramolecular Hbond substituents is 1. The number of Topliss-reactive ketones (excluding diaryl/α,β-unsaturated/α-hetero) is 1. The molecule has 0 unspecified atom stereocenters. The van der Waals surface area contributed by atoms with Gasteiger partial charge in [-0.1, -0.05) is 13.8 Å². The van der Waals surface area contributed by atoms with Gasteiger partial charge in [-0.2, -0.15) is 0 Å². The van der Waals surface area contributed by atoms with Crippen molar-refractivity contribution in [2.75, 3.05) is 13.1 Å². The summed E-state index contributed by atoms with van der Waals surface area (Å²) in [5.74, 6) is 1.02. The fraction of sp³-hybridized carbons (Fsp3) is 0.533. The first-order valence-corrected chi connectivity index (χ1v) is 6.91. The van der Waals surface area contributed by atoms with Gasteiger partial charge in [0, 0.05) is 18.7 Å². The minimum atomic E-state index is -0.350. The van der Waals surface area contributed by atoms with E-state index in [4.69, 9.17) is 4.74 Å². The van der Waals surface area contributed by atoms with E-state index in [2.05, 4.69) is 5.32 Å². The molecule has 0 radical (unpaired) electrons. The highest BCUT2D eigenvalue weighted by atomic mass is 16.5. The van der Waals surface area contributed by atoms with Crippen molar-refractivity contribution in [3.63, 3.8) is 0 Å². The largest absolute Gasteiger partial charge is 0.507 e. The highest BCUT2D eigenvalue weighted by Crippen LogP contribution is 2.42. The normalized spacial score (nSPS) is 19.8. The van der Waals surface area contributed by atoms with Gasteiger partial charge in [-0.15, -0.1) is 0 Å². The molecule has 2 aliphatic rings. The zero-order chi connectivity index (χ0) is 13.6. The van der Waals surface area contributed by atoms with Crippen LogP contribution in [0.3, 0.4) is 0 Å². The first-order valence-electron chi connectivity index (χ1n) is 6.91. The third kappa shape index (κ3) is 1.74. The molecule has 1 fully saturated rings. The number of carbonyl (C=O) groups is 1. The van der Waals surface area contributed by atoms with Crippen molar-refractivity contribution < 1.29 is 14.6 Å². The van der Waals surface area contributed by atoms with E-state index in [1.54, 1.807) is 0 Å². The Hall–Kier alpha value is -1.55. The van der Waals surface area contributed by atoms with Crippen molar-refractivity contribution in [2.45, 2.75) is 38.7 Å². The molecule has 0 bridgehead atoms. The molecule has 1 aromatic carbocycles. The molecule has 1 spiro atoms. The molecular formula is C15H19NO3. The van der Waals surface area contributed by atoms with E-state index in [9.17, 15) is 9.90 Å². The summed E-state index contributed by atoms with van der Waals surface area (Å²) in [6.07, 6.45) is 1.78. The molecule has 0 atom stereocenters. The molecule has 4 nitrogen and oxygen atoms in total. The quantitative estimate of drug-likeness (QED) is 0.852. The maximum absolute atomic E-state index is 12.4. The Morgan fingerprint density at radius 1 is 1.37 bits per heavy atom. The number of aryl methyl sites for hydroxylation is 1. The topological polar surface area (TPSA) is 58.6 Å². The Labute approximate surface area is 112 Å². The Kier molecular flexibility index (Phi) is 2.78. The Bertz CT molecular complexity index is 547. The molecule has 19 heavy (non-hydrogen) atoms. The molecule has 2 heterocycles. The Morgan fingerprint density at radius 3 is 2.63 bits per heavy atom. The van der Waals surface area contributed by atoms with E-state index in [1.165, 1.54) is 0 Å².